The summed E-state index contributed by atoms with van der Waals surface area (Å²) >= 11 is 0. The minimum atomic E-state index is -0.472. The molecule has 0 spiro atoms. The Bertz CT molecular complexity index is 149. The Morgan fingerprint density at radius 1 is 1.55 bits per heavy atom. The Morgan fingerprint density at radius 2 is 2.36 bits per heavy atom. The number of aliphatic hydroxyl groups excluding tert-OH is 1. The summed E-state index contributed by atoms with van der Waals surface area (Å²) in [5.41, 5.74) is 0. The van der Waals surface area contributed by atoms with E-state index in [1.165, 1.54) is 0 Å². The van der Waals surface area contributed by atoms with Gasteiger partial charge in [0.25, 0.3) is 0 Å². The summed E-state index contributed by atoms with van der Waals surface area (Å²) in [6, 6.07) is 0. The zero-order valence-corrected chi connectivity index (χ0v) is 6.40. The number of hydrogen-bond acceptors (Lipinski definition) is 4. The number of rotatable bonds is 1. The molecule has 0 radical (unpaired) electrons. The van der Waals surface area contributed by atoms with Crippen molar-refractivity contribution in [1.82, 2.24) is 0 Å². The van der Waals surface area contributed by atoms with Gasteiger partial charge >= 0.3 is 0 Å². The summed E-state index contributed by atoms with van der Waals surface area (Å²) in [6.07, 6.45) is -0.0619. The van der Waals surface area contributed by atoms with Crippen molar-refractivity contribution in [1.29, 1.82) is 0 Å². The summed E-state index contributed by atoms with van der Waals surface area (Å²) < 4.78 is 15.6. The summed E-state index contributed by atoms with van der Waals surface area (Å²) in [6.45, 7) is 0.395. The molecule has 11 heavy (non-hydrogen) atoms. The second-order valence-corrected chi connectivity index (χ2v) is 2.94. The monoisotopic (exact) mass is 160 g/mol. The van der Waals surface area contributed by atoms with Crippen molar-refractivity contribution in [2.75, 3.05) is 13.7 Å². The van der Waals surface area contributed by atoms with Gasteiger partial charge in [-0.2, -0.15) is 0 Å². The molecule has 1 N–H and O–H groups in total. The fourth-order valence-corrected chi connectivity index (χ4v) is 1.61. The van der Waals surface area contributed by atoms with Crippen LogP contribution in [0.2, 0.25) is 0 Å². The van der Waals surface area contributed by atoms with Crippen molar-refractivity contribution in [3.05, 3.63) is 0 Å². The first kappa shape index (κ1) is 7.49. The van der Waals surface area contributed by atoms with Gasteiger partial charge in [0.2, 0.25) is 0 Å². The Labute approximate surface area is 65.1 Å². The third-order valence-electron chi connectivity index (χ3n) is 2.22. The highest BCUT2D eigenvalue weighted by Crippen LogP contribution is 2.30. The molecule has 0 amide bonds. The third-order valence-corrected chi connectivity index (χ3v) is 2.22. The summed E-state index contributed by atoms with van der Waals surface area (Å²) in [7, 11) is 1.60. The molecule has 0 bridgehead atoms. The van der Waals surface area contributed by atoms with Crippen LogP contribution >= 0.6 is 0 Å². The van der Waals surface area contributed by atoms with Crippen molar-refractivity contribution in [3.63, 3.8) is 0 Å². The Hall–Kier alpha value is -0.160. The van der Waals surface area contributed by atoms with E-state index in [2.05, 4.69) is 0 Å². The van der Waals surface area contributed by atoms with Crippen LogP contribution < -0.4 is 0 Å². The van der Waals surface area contributed by atoms with Crippen molar-refractivity contribution < 1.29 is 19.3 Å². The SMILES string of the molecule is CO[C@@H]1C[C@H]2OC[C@@H](O)[C@H]2O1. The second-order valence-electron chi connectivity index (χ2n) is 2.94. The van der Waals surface area contributed by atoms with Crippen LogP contribution in [-0.4, -0.2) is 43.4 Å². The van der Waals surface area contributed by atoms with Gasteiger partial charge in [-0.25, -0.2) is 0 Å². The topological polar surface area (TPSA) is 47.9 Å². The van der Waals surface area contributed by atoms with Gasteiger partial charge in [-0.3, -0.25) is 0 Å². The summed E-state index contributed by atoms with van der Waals surface area (Å²) in [5.74, 6) is 0. The first-order valence-electron chi connectivity index (χ1n) is 3.79. The van der Waals surface area contributed by atoms with Crippen LogP contribution in [0, 0.1) is 0 Å². The molecular weight excluding hydrogens is 148 g/mol. The van der Waals surface area contributed by atoms with Crippen LogP contribution in [0.5, 0.6) is 0 Å². The largest absolute Gasteiger partial charge is 0.388 e. The Kier molecular flexibility index (Phi) is 1.85. The van der Waals surface area contributed by atoms with Gasteiger partial charge in [-0.05, 0) is 0 Å². The van der Waals surface area contributed by atoms with E-state index in [0.717, 1.165) is 6.42 Å². The predicted octanol–water partition coefficient (Wildman–Crippen LogP) is -0.493. The molecule has 4 heteroatoms. The summed E-state index contributed by atoms with van der Waals surface area (Å²) in [4.78, 5) is 0. The molecule has 0 aliphatic carbocycles. The maximum atomic E-state index is 9.31. The molecule has 4 nitrogen and oxygen atoms in total. The van der Waals surface area contributed by atoms with Crippen LogP contribution in [-0.2, 0) is 14.2 Å². The fourth-order valence-electron chi connectivity index (χ4n) is 1.61. The molecule has 2 aliphatic heterocycles. The van der Waals surface area contributed by atoms with E-state index in [0.29, 0.717) is 6.61 Å². The number of hydrogen-bond donors (Lipinski definition) is 1. The van der Waals surface area contributed by atoms with Gasteiger partial charge in [0, 0.05) is 13.5 Å². The van der Waals surface area contributed by atoms with Gasteiger partial charge in [0.1, 0.15) is 12.2 Å². The number of fused-ring (bicyclic) bond motifs is 1. The van der Waals surface area contributed by atoms with Crippen LogP contribution in [0.25, 0.3) is 0 Å². The lowest BCUT2D eigenvalue weighted by molar-refractivity contribution is -0.134. The maximum absolute atomic E-state index is 9.31. The minimum absolute atomic E-state index is 0.0370. The van der Waals surface area contributed by atoms with Gasteiger partial charge in [-0.1, -0.05) is 0 Å². The lowest BCUT2D eigenvalue weighted by Gasteiger charge is -2.12. The van der Waals surface area contributed by atoms with Gasteiger partial charge in [0.15, 0.2) is 6.29 Å². The first-order valence-corrected chi connectivity index (χ1v) is 3.79. The molecule has 2 saturated heterocycles. The molecular formula is C7H12O4. The van der Waals surface area contributed by atoms with Crippen LogP contribution in [0.1, 0.15) is 6.42 Å². The average Bonchev–Trinajstić information content (AvgIpc) is 2.53. The number of methoxy groups -OCH3 is 1. The van der Waals surface area contributed by atoms with E-state index in [1.54, 1.807) is 7.11 Å². The molecule has 0 aromatic rings. The average molecular weight is 160 g/mol. The van der Waals surface area contributed by atoms with E-state index in [9.17, 15) is 5.11 Å². The third kappa shape index (κ3) is 1.16. The van der Waals surface area contributed by atoms with Gasteiger partial charge in [-0.15, -0.1) is 0 Å². The van der Waals surface area contributed by atoms with Crippen molar-refractivity contribution in [2.45, 2.75) is 31.0 Å². The van der Waals surface area contributed by atoms with E-state index in [-0.39, 0.29) is 18.5 Å². The van der Waals surface area contributed by atoms with Crippen LogP contribution in [0.15, 0.2) is 0 Å². The van der Waals surface area contributed by atoms with Gasteiger partial charge < -0.3 is 19.3 Å². The zero-order valence-electron chi connectivity index (χ0n) is 6.40. The molecule has 0 saturated carbocycles. The molecule has 2 fully saturated rings. The van der Waals surface area contributed by atoms with Crippen molar-refractivity contribution >= 4 is 0 Å². The molecule has 2 aliphatic rings. The maximum Gasteiger partial charge on any atom is 0.160 e. The summed E-state index contributed by atoms with van der Waals surface area (Å²) in [5, 5.41) is 9.31. The normalized spacial score (nSPS) is 49.6. The Balaban J connectivity index is 1.98. The molecule has 0 unspecified atom stereocenters. The zero-order chi connectivity index (χ0) is 7.84. The van der Waals surface area contributed by atoms with Crippen LogP contribution in [0.4, 0.5) is 0 Å². The fraction of sp³-hybridized carbons (Fsp3) is 1.00. The van der Waals surface area contributed by atoms with E-state index in [4.69, 9.17) is 14.2 Å². The molecule has 2 heterocycles. The van der Waals surface area contributed by atoms with E-state index >= 15 is 0 Å². The smallest absolute Gasteiger partial charge is 0.160 e. The highest BCUT2D eigenvalue weighted by molar-refractivity contribution is 4.90. The highest BCUT2D eigenvalue weighted by atomic mass is 16.7. The van der Waals surface area contributed by atoms with E-state index in [1.807, 2.05) is 0 Å². The second kappa shape index (κ2) is 2.71. The molecule has 0 aromatic heterocycles. The first-order chi connectivity index (χ1) is 5.31. The van der Waals surface area contributed by atoms with E-state index < -0.39 is 6.10 Å². The molecule has 2 rings (SSSR count). The van der Waals surface area contributed by atoms with Gasteiger partial charge in [0.05, 0.1) is 12.7 Å². The standard InChI is InChI=1S/C7H12O4/c1-9-6-2-5-7(11-6)4(8)3-10-5/h4-8H,2-3H2,1H3/t4-,5-,6+,7-/m1/s1. The van der Waals surface area contributed by atoms with Crippen molar-refractivity contribution in [3.8, 4) is 0 Å². The Morgan fingerprint density at radius 3 is 3.00 bits per heavy atom. The van der Waals surface area contributed by atoms with Crippen molar-refractivity contribution in [2.24, 2.45) is 0 Å². The quantitative estimate of drug-likeness (QED) is 0.562. The molecule has 4 atom stereocenters. The highest BCUT2D eigenvalue weighted by Gasteiger charge is 2.45. The lowest BCUT2D eigenvalue weighted by Crippen LogP contribution is -2.27. The lowest BCUT2D eigenvalue weighted by atomic mass is 10.1. The molecule has 0 aromatic carbocycles. The minimum Gasteiger partial charge on any atom is -0.388 e. The number of aliphatic hydroxyl groups is 1. The number of ether oxygens (including phenoxy) is 3. The predicted molar refractivity (Wildman–Crippen MR) is 36.0 cm³/mol. The molecule has 64 valence electrons. The van der Waals surface area contributed by atoms with Crippen LogP contribution in [0.3, 0.4) is 0 Å².